The standard InChI is InChI=1S/C16H21N3O2/c1-3-8-19-16(14(21-2)10-18-19)15-13-9-12(20)5-4-11(13)6-7-17-15/h4-5,9-10,15,17,20H,3,6-8H2,1-2H3. The first-order valence-corrected chi connectivity index (χ1v) is 7.39. The number of ether oxygens (including phenoxy) is 1. The lowest BCUT2D eigenvalue weighted by Crippen LogP contribution is -2.32. The lowest BCUT2D eigenvalue weighted by Gasteiger charge is -2.28. The highest BCUT2D eigenvalue weighted by molar-refractivity contribution is 5.45. The average Bonchev–Trinajstić information content (AvgIpc) is 2.89. The molecular weight excluding hydrogens is 266 g/mol. The molecule has 5 heteroatoms. The molecule has 0 bridgehead atoms. The number of fused-ring (bicyclic) bond motifs is 1. The maximum absolute atomic E-state index is 9.82. The van der Waals surface area contributed by atoms with Crippen LogP contribution in [0.4, 0.5) is 0 Å². The van der Waals surface area contributed by atoms with Gasteiger partial charge in [-0.15, -0.1) is 0 Å². The van der Waals surface area contributed by atoms with E-state index in [1.54, 1.807) is 19.4 Å². The molecule has 2 N–H and O–H groups in total. The smallest absolute Gasteiger partial charge is 0.161 e. The van der Waals surface area contributed by atoms with Gasteiger partial charge in [-0.1, -0.05) is 13.0 Å². The summed E-state index contributed by atoms with van der Waals surface area (Å²) in [6, 6.07) is 5.60. The molecule has 3 rings (SSSR count). The van der Waals surface area contributed by atoms with E-state index in [2.05, 4.69) is 17.3 Å². The van der Waals surface area contributed by atoms with E-state index in [0.717, 1.165) is 42.9 Å². The van der Waals surface area contributed by atoms with E-state index in [0.29, 0.717) is 5.75 Å². The molecule has 1 aliphatic rings. The molecule has 1 unspecified atom stereocenters. The molecule has 21 heavy (non-hydrogen) atoms. The van der Waals surface area contributed by atoms with Crippen molar-refractivity contribution in [3.63, 3.8) is 0 Å². The fraction of sp³-hybridized carbons (Fsp3) is 0.438. The van der Waals surface area contributed by atoms with Crippen LogP contribution in [0.25, 0.3) is 0 Å². The fourth-order valence-electron chi connectivity index (χ4n) is 3.00. The van der Waals surface area contributed by atoms with Crippen LogP contribution in [0.1, 0.15) is 36.2 Å². The molecule has 0 saturated heterocycles. The predicted octanol–water partition coefficient (Wildman–Crippen LogP) is 2.24. The van der Waals surface area contributed by atoms with Crippen molar-refractivity contribution >= 4 is 0 Å². The molecule has 0 amide bonds. The summed E-state index contributed by atoms with van der Waals surface area (Å²) in [4.78, 5) is 0. The molecule has 1 aromatic heterocycles. The van der Waals surface area contributed by atoms with Gasteiger partial charge in [-0.3, -0.25) is 4.68 Å². The van der Waals surface area contributed by atoms with Gasteiger partial charge in [0.25, 0.3) is 0 Å². The number of phenolic OH excluding ortho intramolecular Hbond substituents is 1. The molecule has 0 spiro atoms. The highest BCUT2D eigenvalue weighted by Gasteiger charge is 2.28. The summed E-state index contributed by atoms with van der Waals surface area (Å²) in [6.07, 6.45) is 3.75. The van der Waals surface area contributed by atoms with E-state index >= 15 is 0 Å². The third kappa shape index (κ3) is 2.49. The minimum absolute atomic E-state index is 0.00449. The quantitative estimate of drug-likeness (QED) is 0.905. The third-order valence-corrected chi connectivity index (χ3v) is 3.96. The monoisotopic (exact) mass is 287 g/mol. The summed E-state index contributed by atoms with van der Waals surface area (Å²) in [6.45, 7) is 3.89. The van der Waals surface area contributed by atoms with Crippen LogP contribution < -0.4 is 10.1 Å². The number of phenols is 1. The van der Waals surface area contributed by atoms with Crippen LogP contribution in [0.3, 0.4) is 0 Å². The average molecular weight is 287 g/mol. The Hall–Kier alpha value is -2.01. The van der Waals surface area contributed by atoms with Gasteiger partial charge in [0.2, 0.25) is 0 Å². The Morgan fingerprint density at radius 3 is 3.10 bits per heavy atom. The van der Waals surface area contributed by atoms with E-state index in [9.17, 15) is 5.11 Å². The molecule has 0 aliphatic carbocycles. The number of benzene rings is 1. The van der Waals surface area contributed by atoms with Gasteiger partial charge in [0.05, 0.1) is 19.3 Å². The zero-order valence-electron chi connectivity index (χ0n) is 12.5. The Labute approximate surface area is 124 Å². The Bertz CT molecular complexity index is 636. The van der Waals surface area contributed by atoms with E-state index in [4.69, 9.17) is 4.74 Å². The maximum Gasteiger partial charge on any atom is 0.161 e. The summed E-state index contributed by atoms with van der Waals surface area (Å²) in [5.41, 5.74) is 3.41. The van der Waals surface area contributed by atoms with Crippen LogP contribution in [-0.4, -0.2) is 28.5 Å². The van der Waals surface area contributed by atoms with E-state index < -0.39 is 0 Å². The highest BCUT2D eigenvalue weighted by atomic mass is 16.5. The Kier molecular flexibility index (Phi) is 3.84. The molecular formula is C16H21N3O2. The van der Waals surface area contributed by atoms with Gasteiger partial charge in [0.15, 0.2) is 5.75 Å². The molecule has 2 heterocycles. The number of hydrogen-bond donors (Lipinski definition) is 2. The van der Waals surface area contributed by atoms with Crippen LogP contribution in [0.5, 0.6) is 11.5 Å². The third-order valence-electron chi connectivity index (χ3n) is 3.96. The lowest BCUT2D eigenvalue weighted by atomic mass is 9.92. The van der Waals surface area contributed by atoms with Crippen LogP contribution >= 0.6 is 0 Å². The zero-order chi connectivity index (χ0) is 14.8. The Morgan fingerprint density at radius 2 is 2.33 bits per heavy atom. The summed E-state index contributed by atoms with van der Waals surface area (Å²) < 4.78 is 7.48. The number of aromatic hydroxyl groups is 1. The van der Waals surface area contributed by atoms with Crippen molar-refractivity contribution in [3.05, 3.63) is 41.2 Å². The Morgan fingerprint density at radius 1 is 1.48 bits per heavy atom. The first-order valence-electron chi connectivity index (χ1n) is 7.39. The van der Waals surface area contributed by atoms with Gasteiger partial charge in [0.1, 0.15) is 11.4 Å². The Balaban J connectivity index is 2.10. The largest absolute Gasteiger partial charge is 0.508 e. The normalized spacial score (nSPS) is 17.5. The summed E-state index contributed by atoms with van der Waals surface area (Å²) in [5, 5.41) is 17.8. The van der Waals surface area contributed by atoms with E-state index in [-0.39, 0.29) is 6.04 Å². The molecule has 1 atom stereocenters. The van der Waals surface area contributed by atoms with Gasteiger partial charge >= 0.3 is 0 Å². The van der Waals surface area contributed by atoms with Crippen molar-refractivity contribution < 1.29 is 9.84 Å². The van der Waals surface area contributed by atoms with Crippen LogP contribution in [-0.2, 0) is 13.0 Å². The molecule has 112 valence electrons. The van der Waals surface area contributed by atoms with Crippen molar-refractivity contribution in [1.29, 1.82) is 0 Å². The minimum Gasteiger partial charge on any atom is -0.508 e. The van der Waals surface area contributed by atoms with Crippen molar-refractivity contribution in [2.24, 2.45) is 0 Å². The molecule has 0 fully saturated rings. The van der Waals surface area contributed by atoms with E-state index in [1.165, 1.54) is 5.56 Å². The second kappa shape index (κ2) is 5.77. The fourth-order valence-corrected chi connectivity index (χ4v) is 3.00. The molecule has 0 saturated carbocycles. The summed E-state index contributed by atoms with van der Waals surface area (Å²) >= 11 is 0. The van der Waals surface area contributed by atoms with E-state index in [1.807, 2.05) is 16.8 Å². The molecule has 1 aliphatic heterocycles. The number of nitrogens with zero attached hydrogens (tertiary/aromatic N) is 2. The lowest BCUT2D eigenvalue weighted by molar-refractivity contribution is 0.395. The van der Waals surface area contributed by atoms with Crippen LogP contribution in [0.15, 0.2) is 24.4 Å². The number of rotatable bonds is 4. The van der Waals surface area contributed by atoms with Crippen molar-refractivity contribution in [2.75, 3.05) is 13.7 Å². The number of aryl methyl sites for hydroxylation is 1. The van der Waals surface area contributed by atoms with Gasteiger partial charge < -0.3 is 15.2 Å². The zero-order valence-corrected chi connectivity index (χ0v) is 12.5. The second-order valence-corrected chi connectivity index (χ2v) is 5.34. The second-order valence-electron chi connectivity index (χ2n) is 5.34. The number of methoxy groups -OCH3 is 1. The molecule has 0 radical (unpaired) electrons. The van der Waals surface area contributed by atoms with Crippen molar-refractivity contribution in [2.45, 2.75) is 32.4 Å². The number of aromatic nitrogens is 2. The van der Waals surface area contributed by atoms with Crippen molar-refractivity contribution in [3.8, 4) is 11.5 Å². The number of hydrogen-bond acceptors (Lipinski definition) is 4. The summed E-state index contributed by atoms with van der Waals surface area (Å²) in [7, 11) is 1.67. The molecule has 2 aromatic rings. The highest BCUT2D eigenvalue weighted by Crippen LogP contribution is 2.35. The SMILES string of the molecule is CCCn1ncc(OC)c1C1NCCc2ccc(O)cc21. The van der Waals surface area contributed by atoms with Crippen molar-refractivity contribution in [1.82, 2.24) is 15.1 Å². The van der Waals surface area contributed by atoms with Gasteiger partial charge in [-0.2, -0.15) is 5.10 Å². The first kappa shape index (κ1) is 13.9. The van der Waals surface area contributed by atoms with Crippen LogP contribution in [0.2, 0.25) is 0 Å². The van der Waals surface area contributed by atoms with Gasteiger partial charge in [-0.05, 0) is 36.1 Å². The van der Waals surface area contributed by atoms with Gasteiger partial charge in [-0.25, -0.2) is 0 Å². The topological polar surface area (TPSA) is 59.3 Å². The minimum atomic E-state index is 0.00449. The molecule has 5 nitrogen and oxygen atoms in total. The molecule has 1 aromatic carbocycles. The summed E-state index contributed by atoms with van der Waals surface area (Å²) in [5.74, 6) is 1.08. The first-order chi connectivity index (χ1) is 10.2. The number of nitrogens with one attached hydrogen (secondary N) is 1. The predicted molar refractivity (Wildman–Crippen MR) is 80.7 cm³/mol. The van der Waals surface area contributed by atoms with Crippen LogP contribution in [0, 0.1) is 0 Å². The maximum atomic E-state index is 9.82. The van der Waals surface area contributed by atoms with Gasteiger partial charge in [0, 0.05) is 13.1 Å².